The van der Waals surface area contributed by atoms with E-state index in [-0.39, 0.29) is 5.97 Å². The number of hydrogen-bond acceptors (Lipinski definition) is 8. The van der Waals surface area contributed by atoms with Crippen LogP contribution in [0, 0.1) is 12.8 Å². The van der Waals surface area contributed by atoms with Crippen LogP contribution in [0.5, 0.6) is 11.5 Å². The lowest BCUT2D eigenvalue weighted by Gasteiger charge is -2.30. The van der Waals surface area contributed by atoms with E-state index in [1.54, 1.807) is 11.3 Å². The Balaban J connectivity index is 1.27. The summed E-state index contributed by atoms with van der Waals surface area (Å²) < 4.78 is 18.3. The van der Waals surface area contributed by atoms with Gasteiger partial charge in [0.1, 0.15) is 0 Å². The highest BCUT2D eigenvalue weighted by Crippen LogP contribution is 2.33. The highest BCUT2D eigenvalue weighted by molar-refractivity contribution is 7.09. The van der Waals surface area contributed by atoms with E-state index in [2.05, 4.69) is 28.9 Å². The molecule has 9 heteroatoms. The Morgan fingerprint density at radius 2 is 2.14 bits per heavy atom. The van der Waals surface area contributed by atoms with Gasteiger partial charge in [-0.05, 0) is 43.9 Å². The van der Waals surface area contributed by atoms with Gasteiger partial charge in [-0.1, -0.05) is 13.0 Å². The molecule has 0 N–H and O–H groups in total. The molecule has 186 valence electrons. The number of thiazole rings is 1. The van der Waals surface area contributed by atoms with Crippen molar-refractivity contribution < 1.29 is 19.0 Å². The second-order valence-corrected chi connectivity index (χ2v) is 10.2. The van der Waals surface area contributed by atoms with Crippen LogP contribution in [0.2, 0.25) is 0 Å². The van der Waals surface area contributed by atoms with E-state index < -0.39 is 0 Å². The van der Waals surface area contributed by atoms with Crippen molar-refractivity contribution in [3.05, 3.63) is 56.8 Å². The zero-order valence-electron chi connectivity index (χ0n) is 20.6. The van der Waals surface area contributed by atoms with Crippen molar-refractivity contribution in [1.29, 1.82) is 0 Å². The molecule has 0 saturated carbocycles. The fourth-order valence-corrected chi connectivity index (χ4v) is 5.77. The number of ether oxygens (including phenoxy) is 3. The number of fused-ring (bicyclic) bond motifs is 2. The standard InChI is InChI=1S/C26H32N4O4S/c1-4-32-26(31)25-20-14-29(13-17(2)11-19-5-6-22-23(12-19)34-16-33-22)9-7-21(20)30(28-25)10-8-24-18(3)27-15-35-24/h5-6,12,15,17H,4,7-11,13-14,16H2,1-3H3/t17-/m1/s1. The van der Waals surface area contributed by atoms with Gasteiger partial charge in [0.05, 0.1) is 17.8 Å². The zero-order valence-corrected chi connectivity index (χ0v) is 21.4. The van der Waals surface area contributed by atoms with E-state index in [9.17, 15) is 4.79 Å². The third-order valence-electron chi connectivity index (χ3n) is 6.67. The lowest BCUT2D eigenvalue weighted by molar-refractivity contribution is 0.0515. The van der Waals surface area contributed by atoms with Gasteiger partial charge >= 0.3 is 5.97 Å². The molecule has 0 saturated heterocycles. The number of nitrogens with zero attached hydrogens (tertiary/aromatic N) is 4. The smallest absolute Gasteiger partial charge is 0.359 e. The van der Waals surface area contributed by atoms with Gasteiger partial charge in [-0.2, -0.15) is 5.10 Å². The van der Waals surface area contributed by atoms with Gasteiger partial charge in [0.2, 0.25) is 6.79 Å². The van der Waals surface area contributed by atoms with E-state index in [4.69, 9.17) is 19.3 Å². The van der Waals surface area contributed by atoms with Gasteiger partial charge in [-0.3, -0.25) is 9.58 Å². The summed E-state index contributed by atoms with van der Waals surface area (Å²) in [5.41, 5.74) is 6.86. The molecule has 1 atom stereocenters. The van der Waals surface area contributed by atoms with Crippen molar-refractivity contribution >= 4 is 17.3 Å². The number of carbonyl (C=O) groups excluding carboxylic acids is 1. The summed E-state index contributed by atoms with van der Waals surface area (Å²) in [4.78, 5) is 20.8. The van der Waals surface area contributed by atoms with Crippen LogP contribution in [-0.4, -0.2) is 52.1 Å². The quantitative estimate of drug-likeness (QED) is 0.414. The van der Waals surface area contributed by atoms with Crippen LogP contribution in [0.1, 0.15) is 51.7 Å². The molecule has 2 aliphatic rings. The Labute approximate surface area is 209 Å². The molecule has 0 aliphatic carbocycles. The second kappa shape index (κ2) is 10.4. The van der Waals surface area contributed by atoms with Crippen LogP contribution >= 0.6 is 11.3 Å². The third-order valence-corrected chi connectivity index (χ3v) is 7.66. The molecule has 8 nitrogen and oxygen atoms in total. The molecule has 2 aliphatic heterocycles. The molecule has 0 spiro atoms. The third kappa shape index (κ3) is 5.21. The first kappa shape index (κ1) is 23.8. The number of benzene rings is 1. The van der Waals surface area contributed by atoms with Crippen molar-refractivity contribution in [2.75, 3.05) is 26.5 Å². The molecule has 0 bridgehead atoms. The number of aryl methyl sites for hydroxylation is 3. The summed E-state index contributed by atoms with van der Waals surface area (Å²) in [6.07, 6.45) is 2.70. The molecule has 0 unspecified atom stereocenters. The van der Waals surface area contributed by atoms with Crippen molar-refractivity contribution in [2.24, 2.45) is 5.92 Å². The van der Waals surface area contributed by atoms with Crippen LogP contribution in [-0.2, 0) is 37.1 Å². The Kier molecular flexibility index (Phi) is 7.06. The lowest BCUT2D eigenvalue weighted by atomic mass is 9.98. The molecule has 0 radical (unpaired) electrons. The molecule has 2 aromatic heterocycles. The first-order valence-electron chi connectivity index (χ1n) is 12.3. The summed E-state index contributed by atoms with van der Waals surface area (Å²) in [6, 6.07) is 6.19. The number of hydrogen-bond donors (Lipinski definition) is 0. The summed E-state index contributed by atoms with van der Waals surface area (Å²) in [6.45, 7) is 10.1. The van der Waals surface area contributed by atoms with Crippen molar-refractivity contribution in [3.63, 3.8) is 0 Å². The number of esters is 1. The summed E-state index contributed by atoms with van der Waals surface area (Å²) in [5.74, 6) is 1.77. The summed E-state index contributed by atoms with van der Waals surface area (Å²) in [7, 11) is 0. The Bertz CT molecular complexity index is 1200. The van der Waals surface area contributed by atoms with Crippen LogP contribution in [0.25, 0.3) is 0 Å². The van der Waals surface area contributed by atoms with Crippen LogP contribution in [0.15, 0.2) is 23.7 Å². The molecular weight excluding hydrogens is 464 g/mol. The van der Waals surface area contributed by atoms with Gasteiger partial charge in [-0.15, -0.1) is 11.3 Å². The number of rotatable bonds is 9. The molecule has 4 heterocycles. The maximum absolute atomic E-state index is 12.7. The average Bonchev–Trinajstić information content (AvgIpc) is 3.56. The average molecular weight is 497 g/mol. The SMILES string of the molecule is CCOC(=O)c1nn(CCc2scnc2C)c2c1CN(C[C@H](C)Cc1ccc3c(c1)OCO3)CC2. The minimum atomic E-state index is -0.327. The maximum Gasteiger partial charge on any atom is 0.359 e. The second-order valence-electron chi connectivity index (χ2n) is 9.31. The van der Waals surface area contributed by atoms with E-state index >= 15 is 0 Å². The lowest BCUT2D eigenvalue weighted by Crippen LogP contribution is -2.35. The molecule has 3 aromatic rings. The van der Waals surface area contributed by atoms with Crippen LogP contribution in [0.3, 0.4) is 0 Å². The molecule has 1 aromatic carbocycles. The highest BCUT2D eigenvalue weighted by atomic mass is 32.1. The van der Waals surface area contributed by atoms with Gasteiger partial charge in [0, 0.05) is 55.2 Å². The molecule has 35 heavy (non-hydrogen) atoms. The first-order valence-corrected chi connectivity index (χ1v) is 13.1. The zero-order chi connectivity index (χ0) is 24.4. The van der Waals surface area contributed by atoms with E-state index in [0.29, 0.717) is 31.6 Å². The fourth-order valence-electron chi connectivity index (χ4n) is 5.00. The van der Waals surface area contributed by atoms with Gasteiger partial charge < -0.3 is 14.2 Å². The Hall–Kier alpha value is -2.91. The first-order chi connectivity index (χ1) is 17.0. The van der Waals surface area contributed by atoms with Crippen molar-refractivity contribution in [2.45, 2.75) is 53.1 Å². The summed E-state index contributed by atoms with van der Waals surface area (Å²) >= 11 is 1.67. The van der Waals surface area contributed by atoms with Gasteiger partial charge in [0.15, 0.2) is 17.2 Å². The fraction of sp³-hybridized carbons (Fsp3) is 0.500. The minimum Gasteiger partial charge on any atom is -0.461 e. The highest BCUT2D eigenvalue weighted by Gasteiger charge is 2.29. The number of carbonyl (C=O) groups is 1. The van der Waals surface area contributed by atoms with E-state index in [1.807, 2.05) is 30.1 Å². The monoisotopic (exact) mass is 496 g/mol. The van der Waals surface area contributed by atoms with E-state index in [1.165, 1.54) is 10.4 Å². The normalized spacial score (nSPS) is 15.7. The minimum absolute atomic E-state index is 0.296. The topological polar surface area (TPSA) is 78.7 Å². The molecule has 5 rings (SSSR count). The van der Waals surface area contributed by atoms with Crippen molar-refractivity contribution in [3.8, 4) is 11.5 Å². The molecule has 0 fully saturated rings. The van der Waals surface area contributed by atoms with E-state index in [0.717, 1.165) is 67.3 Å². The predicted molar refractivity (Wildman–Crippen MR) is 133 cm³/mol. The largest absolute Gasteiger partial charge is 0.461 e. The number of aromatic nitrogens is 3. The maximum atomic E-state index is 12.7. The summed E-state index contributed by atoms with van der Waals surface area (Å²) in [5, 5.41) is 4.73. The molecular formula is C26H32N4O4S. The van der Waals surface area contributed by atoms with Crippen LogP contribution < -0.4 is 9.47 Å². The Morgan fingerprint density at radius 1 is 1.29 bits per heavy atom. The van der Waals surface area contributed by atoms with Crippen LogP contribution in [0.4, 0.5) is 0 Å². The molecule has 0 amide bonds. The Morgan fingerprint density at radius 3 is 2.94 bits per heavy atom. The van der Waals surface area contributed by atoms with Gasteiger partial charge in [-0.25, -0.2) is 9.78 Å². The van der Waals surface area contributed by atoms with Gasteiger partial charge in [0.25, 0.3) is 0 Å². The van der Waals surface area contributed by atoms with Crippen molar-refractivity contribution in [1.82, 2.24) is 19.7 Å². The predicted octanol–water partition coefficient (Wildman–Crippen LogP) is 4.03.